The lowest BCUT2D eigenvalue weighted by Crippen LogP contribution is -2.29. The Morgan fingerprint density at radius 2 is 1.90 bits per heavy atom. The molecule has 3 rings (SSSR count). The van der Waals surface area contributed by atoms with Crippen molar-refractivity contribution < 1.29 is 23.8 Å². The Morgan fingerprint density at radius 1 is 1.13 bits per heavy atom. The molecule has 2 aromatic carbocycles. The van der Waals surface area contributed by atoms with Crippen molar-refractivity contribution in [3.8, 4) is 11.5 Å². The topological polar surface area (TPSA) is 65.1 Å². The molecule has 2 aromatic rings. The fraction of sp³-hybridized carbons (Fsp3) is 0.261. The molecule has 0 unspecified atom stereocenters. The van der Waals surface area contributed by atoms with Crippen molar-refractivity contribution in [1.82, 2.24) is 4.90 Å². The number of carbonyl (C=O) groups excluding carboxylic acids is 2. The van der Waals surface area contributed by atoms with Gasteiger partial charge < -0.3 is 14.2 Å². The summed E-state index contributed by atoms with van der Waals surface area (Å²) in [5.41, 5.74) is 1.86. The van der Waals surface area contributed by atoms with Crippen molar-refractivity contribution in [2.45, 2.75) is 19.4 Å². The Bertz CT molecular complexity index is 991. The number of benzene rings is 2. The van der Waals surface area contributed by atoms with Crippen molar-refractivity contribution in [3.63, 3.8) is 0 Å². The highest BCUT2D eigenvalue weighted by molar-refractivity contribution is 8.26. The molecule has 0 aliphatic carbocycles. The predicted octanol–water partition coefficient (Wildman–Crippen LogP) is 4.43. The monoisotopic (exact) mass is 457 g/mol. The van der Waals surface area contributed by atoms with Crippen molar-refractivity contribution >= 4 is 46.3 Å². The maximum absolute atomic E-state index is 12.7. The van der Waals surface area contributed by atoms with Gasteiger partial charge in [0.1, 0.15) is 10.9 Å². The van der Waals surface area contributed by atoms with E-state index in [2.05, 4.69) is 4.74 Å². The molecule has 31 heavy (non-hydrogen) atoms. The molecule has 1 aliphatic heterocycles. The summed E-state index contributed by atoms with van der Waals surface area (Å²) >= 11 is 6.58. The Morgan fingerprint density at radius 3 is 2.61 bits per heavy atom. The summed E-state index contributed by atoms with van der Waals surface area (Å²) in [6.07, 6.45) is 2.52. The maximum Gasteiger partial charge on any atom is 0.305 e. The summed E-state index contributed by atoms with van der Waals surface area (Å²) in [5.74, 6) is 0.739. The van der Waals surface area contributed by atoms with E-state index >= 15 is 0 Å². The Balaban J connectivity index is 1.67. The summed E-state index contributed by atoms with van der Waals surface area (Å²) in [5, 5.41) is 0. The molecule has 0 bridgehead atoms. The van der Waals surface area contributed by atoms with E-state index in [4.69, 9.17) is 21.7 Å². The SMILES string of the molecule is COC(=O)CCCN1C(=O)/C(=C/c2ccc(OCc3ccccc3)c(OC)c2)SC1=S. The Kier molecular flexibility index (Phi) is 8.08. The number of hydrogen-bond donors (Lipinski definition) is 0. The second kappa shape index (κ2) is 11.0. The standard InChI is InChI=1S/C23H23NO5S2/c1-27-19-13-17(10-11-18(19)29-15-16-7-4-3-5-8-16)14-20-22(26)24(23(30)31-20)12-6-9-21(25)28-2/h3-5,7-8,10-11,13-14H,6,9,12,15H2,1-2H3/b20-14-. The van der Waals surface area contributed by atoms with Gasteiger partial charge in [0.2, 0.25) is 0 Å². The van der Waals surface area contributed by atoms with Gasteiger partial charge in [-0.2, -0.15) is 0 Å². The number of nitrogens with zero attached hydrogens (tertiary/aromatic N) is 1. The summed E-state index contributed by atoms with van der Waals surface area (Å²) in [4.78, 5) is 26.0. The molecule has 8 heteroatoms. The highest BCUT2D eigenvalue weighted by Gasteiger charge is 2.31. The zero-order valence-electron chi connectivity index (χ0n) is 17.3. The smallest absolute Gasteiger partial charge is 0.305 e. The molecule has 1 saturated heterocycles. The van der Waals surface area contributed by atoms with Crippen molar-refractivity contribution in [1.29, 1.82) is 0 Å². The lowest BCUT2D eigenvalue weighted by Gasteiger charge is -2.13. The van der Waals surface area contributed by atoms with Crippen molar-refractivity contribution in [3.05, 3.63) is 64.6 Å². The molecular weight excluding hydrogens is 434 g/mol. The third-order valence-electron chi connectivity index (χ3n) is 4.59. The molecule has 0 spiro atoms. The first-order chi connectivity index (χ1) is 15.0. The van der Waals surface area contributed by atoms with Crippen LogP contribution in [0.5, 0.6) is 11.5 Å². The van der Waals surface area contributed by atoms with Gasteiger partial charge in [-0.25, -0.2) is 0 Å². The van der Waals surface area contributed by atoms with Gasteiger partial charge in [0.05, 0.1) is 19.1 Å². The second-order valence-corrected chi connectivity index (χ2v) is 8.37. The van der Waals surface area contributed by atoms with E-state index in [1.807, 2.05) is 48.5 Å². The van der Waals surface area contributed by atoms with Gasteiger partial charge in [0.15, 0.2) is 11.5 Å². The summed E-state index contributed by atoms with van der Waals surface area (Å²) < 4.78 is 16.5. The predicted molar refractivity (Wildman–Crippen MR) is 125 cm³/mol. The van der Waals surface area contributed by atoms with Gasteiger partial charge in [0, 0.05) is 13.0 Å². The molecule has 6 nitrogen and oxygen atoms in total. The Labute approximate surface area is 191 Å². The molecule has 162 valence electrons. The number of hydrogen-bond acceptors (Lipinski definition) is 7. The average molecular weight is 458 g/mol. The van der Waals surface area contributed by atoms with E-state index in [9.17, 15) is 9.59 Å². The average Bonchev–Trinajstić information content (AvgIpc) is 3.05. The molecule has 1 fully saturated rings. The van der Waals surface area contributed by atoms with Crippen LogP contribution in [0.1, 0.15) is 24.0 Å². The molecule has 0 saturated carbocycles. The van der Waals surface area contributed by atoms with Crippen LogP contribution in [0.15, 0.2) is 53.4 Å². The number of amides is 1. The van der Waals surface area contributed by atoms with Crippen molar-refractivity contribution in [2.24, 2.45) is 0 Å². The van der Waals surface area contributed by atoms with Crippen LogP contribution in [0.4, 0.5) is 0 Å². The first kappa shape index (κ1) is 22.8. The molecule has 0 radical (unpaired) electrons. The fourth-order valence-corrected chi connectivity index (χ4v) is 4.26. The number of thiocarbonyl (C=S) groups is 1. The van der Waals surface area contributed by atoms with Gasteiger partial charge in [-0.3, -0.25) is 14.5 Å². The van der Waals surface area contributed by atoms with E-state index in [-0.39, 0.29) is 18.3 Å². The number of rotatable bonds is 9. The van der Waals surface area contributed by atoms with E-state index in [0.717, 1.165) is 11.1 Å². The minimum absolute atomic E-state index is 0.164. The van der Waals surface area contributed by atoms with E-state index in [1.54, 1.807) is 13.2 Å². The first-order valence-electron chi connectivity index (χ1n) is 9.68. The molecule has 1 aliphatic rings. The summed E-state index contributed by atoms with van der Waals surface area (Å²) in [7, 11) is 2.92. The summed E-state index contributed by atoms with van der Waals surface area (Å²) in [6, 6.07) is 15.4. The Hall–Kier alpha value is -2.84. The maximum atomic E-state index is 12.7. The molecule has 1 heterocycles. The van der Waals surface area contributed by atoms with Crippen LogP contribution in [0.3, 0.4) is 0 Å². The van der Waals surface area contributed by atoms with Gasteiger partial charge >= 0.3 is 5.97 Å². The van der Waals surface area contributed by atoms with Crippen LogP contribution in [0.25, 0.3) is 6.08 Å². The second-order valence-electron chi connectivity index (χ2n) is 6.70. The fourth-order valence-electron chi connectivity index (χ4n) is 2.96. The molecule has 0 atom stereocenters. The number of methoxy groups -OCH3 is 2. The third-order valence-corrected chi connectivity index (χ3v) is 5.96. The normalized spacial score (nSPS) is 14.8. The minimum atomic E-state index is -0.303. The summed E-state index contributed by atoms with van der Waals surface area (Å²) in [6.45, 7) is 0.813. The zero-order chi connectivity index (χ0) is 22.2. The largest absolute Gasteiger partial charge is 0.493 e. The van der Waals surface area contributed by atoms with Crippen LogP contribution >= 0.6 is 24.0 Å². The van der Waals surface area contributed by atoms with Crippen LogP contribution < -0.4 is 9.47 Å². The number of esters is 1. The van der Waals surface area contributed by atoms with Gasteiger partial charge in [-0.05, 0) is 35.8 Å². The van der Waals surface area contributed by atoms with E-state index < -0.39 is 0 Å². The van der Waals surface area contributed by atoms with Gasteiger partial charge in [-0.15, -0.1) is 0 Å². The molecule has 1 amide bonds. The molecule has 0 aromatic heterocycles. The number of ether oxygens (including phenoxy) is 3. The molecular formula is C23H23NO5S2. The van der Waals surface area contributed by atoms with Crippen LogP contribution in [-0.2, 0) is 20.9 Å². The number of carbonyl (C=O) groups is 2. The van der Waals surface area contributed by atoms with E-state index in [0.29, 0.717) is 40.3 Å². The van der Waals surface area contributed by atoms with Gasteiger partial charge in [-0.1, -0.05) is 60.4 Å². The minimum Gasteiger partial charge on any atom is -0.493 e. The van der Waals surface area contributed by atoms with Crippen molar-refractivity contribution in [2.75, 3.05) is 20.8 Å². The highest BCUT2D eigenvalue weighted by atomic mass is 32.2. The van der Waals surface area contributed by atoms with Crippen LogP contribution in [0.2, 0.25) is 0 Å². The molecule has 0 N–H and O–H groups in total. The lowest BCUT2D eigenvalue weighted by molar-refractivity contribution is -0.141. The first-order valence-corrected chi connectivity index (χ1v) is 10.9. The van der Waals surface area contributed by atoms with Crippen LogP contribution in [-0.4, -0.2) is 41.9 Å². The quantitative estimate of drug-likeness (QED) is 0.314. The van der Waals surface area contributed by atoms with Gasteiger partial charge in [0.25, 0.3) is 5.91 Å². The lowest BCUT2D eigenvalue weighted by atomic mass is 10.1. The third kappa shape index (κ3) is 6.08. The van der Waals surface area contributed by atoms with Crippen LogP contribution in [0, 0.1) is 0 Å². The highest BCUT2D eigenvalue weighted by Crippen LogP contribution is 2.35. The zero-order valence-corrected chi connectivity index (χ0v) is 19.0. The van der Waals surface area contributed by atoms with E-state index in [1.165, 1.54) is 23.8 Å². The number of thioether (sulfide) groups is 1.